The zero-order chi connectivity index (χ0) is 8.43. The number of aliphatic hydroxyl groups excluding tert-OH is 4. The topological polar surface area (TPSA) is 90.2 Å². The van der Waals surface area contributed by atoms with Gasteiger partial charge in [-0.15, -0.1) is 0 Å². The minimum Gasteiger partial charge on any atom is -0.394 e. The lowest BCUT2D eigenvalue weighted by molar-refractivity contribution is -0.0684. The molecule has 0 radical (unpaired) electrons. The van der Waals surface area contributed by atoms with Gasteiger partial charge in [-0.05, 0) is 0 Å². The molecule has 0 aliphatic carbocycles. The van der Waals surface area contributed by atoms with Crippen molar-refractivity contribution in [1.29, 1.82) is 0 Å². The Morgan fingerprint density at radius 2 is 2.09 bits per heavy atom. The highest BCUT2D eigenvalue weighted by molar-refractivity contribution is 4.87. The van der Waals surface area contributed by atoms with Crippen LogP contribution in [0.3, 0.4) is 0 Å². The molecule has 1 fully saturated rings. The van der Waals surface area contributed by atoms with Crippen molar-refractivity contribution < 1.29 is 25.2 Å². The lowest BCUT2D eigenvalue weighted by Gasteiger charge is -2.18. The van der Waals surface area contributed by atoms with Crippen molar-refractivity contribution in [2.75, 3.05) is 13.2 Å². The van der Waals surface area contributed by atoms with Gasteiger partial charge in [0.15, 0.2) is 0 Å². The molecule has 0 aromatic rings. The summed E-state index contributed by atoms with van der Waals surface area (Å²) >= 11 is 0. The highest BCUT2D eigenvalue weighted by atomic mass is 16.5. The Hall–Kier alpha value is -0.200. The van der Waals surface area contributed by atoms with Gasteiger partial charge in [0.1, 0.15) is 24.4 Å². The second-order valence-corrected chi connectivity index (χ2v) is 2.61. The van der Waals surface area contributed by atoms with E-state index < -0.39 is 31.0 Å². The molecule has 0 aromatic heterocycles. The van der Waals surface area contributed by atoms with E-state index in [2.05, 4.69) is 0 Å². The van der Waals surface area contributed by atoms with Crippen molar-refractivity contribution in [3.63, 3.8) is 0 Å². The van der Waals surface area contributed by atoms with Crippen LogP contribution in [0.4, 0.5) is 0 Å². The van der Waals surface area contributed by atoms with Crippen LogP contribution in [0, 0.1) is 0 Å². The quantitative estimate of drug-likeness (QED) is 0.361. The fourth-order valence-electron chi connectivity index (χ4n) is 1.07. The van der Waals surface area contributed by atoms with Gasteiger partial charge in [0.25, 0.3) is 0 Å². The molecule has 1 aliphatic heterocycles. The first-order chi connectivity index (χ1) is 5.16. The summed E-state index contributed by atoms with van der Waals surface area (Å²) in [5.74, 6) is 0. The van der Waals surface area contributed by atoms with Crippen LogP contribution in [0.15, 0.2) is 0 Å². The fraction of sp³-hybridized carbons (Fsp3) is 1.00. The van der Waals surface area contributed by atoms with Crippen LogP contribution in [0.25, 0.3) is 0 Å². The summed E-state index contributed by atoms with van der Waals surface area (Å²) in [5.41, 5.74) is 0. The largest absolute Gasteiger partial charge is 0.394 e. The first-order valence-corrected chi connectivity index (χ1v) is 3.43. The predicted molar refractivity (Wildman–Crippen MR) is 34.8 cm³/mol. The van der Waals surface area contributed by atoms with E-state index in [4.69, 9.17) is 25.2 Å². The third-order valence-electron chi connectivity index (χ3n) is 1.76. The summed E-state index contributed by atoms with van der Waals surface area (Å²) in [6, 6.07) is 0. The van der Waals surface area contributed by atoms with Crippen molar-refractivity contribution >= 4 is 0 Å². The van der Waals surface area contributed by atoms with Crippen LogP contribution in [0.1, 0.15) is 0 Å². The Labute approximate surface area is 63.8 Å². The Morgan fingerprint density at radius 3 is 2.45 bits per heavy atom. The van der Waals surface area contributed by atoms with Gasteiger partial charge in [0.2, 0.25) is 0 Å². The molecule has 1 heterocycles. The molecule has 0 spiro atoms. The van der Waals surface area contributed by atoms with E-state index >= 15 is 0 Å². The van der Waals surface area contributed by atoms with E-state index in [1.807, 2.05) is 0 Å². The standard InChI is InChI=1S/C6H12O5/c7-1-3(8)6-5(10)4(9)2-11-6/h3-10H,1-2H2/t3-,4+,5+,6+/m0/s1. The van der Waals surface area contributed by atoms with E-state index in [1.165, 1.54) is 0 Å². The van der Waals surface area contributed by atoms with Crippen LogP contribution in [-0.4, -0.2) is 58.1 Å². The number of hydrogen-bond donors (Lipinski definition) is 4. The average molecular weight is 164 g/mol. The second kappa shape index (κ2) is 3.46. The summed E-state index contributed by atoms with van der Waals surface area (Å²) in [6.07, 6.45) is -4.05. The van der Waals surface area contributed by atoms with E-state index in [1.54, 1.807) is 0 Å². The Balaban J connectivity index is 2.47. The van der Waals surface area contributed by atoms with E-state index in [9.17, 15) is 0 Å². The van der Waals surface area contributed by atoms with Crippen LogP contribution in [0.5, 0.6) is 0 Å². The Kier molecular flexibility index (Phi) is 2.80. The highest BCUT2D eigenvalue weighted by Gasteiger charge is 2.38. The fourth-order valence-corrected chi connectivity index (χ4v) is 1.07. The van der Waals surface area contributed by atoms with Gasteiger partial charge in [0.05, 0.1) is 13.2 Å². The van der Waals surface area contributed by atoms with Gasteiger partial charge < -0.3 is 25.2 Å². The molecule has 1 rings (SSSR count). The number of ether oxygens (including phenoxy) is 1. The van der Waals surface area contributed by atoms with Crippen LogP contribution < -0.4 is 0 Å². The third-order valence-corrected chi connectivity index (χ3v) is 1.76. The van der Waals surface area contributed by atoms with Crippen molar-refractivity contribution in [3.8, 4) is 0 Å². The second-order valence-electron chi connectivity index (χ2n) is 2.61. The molecule has 0 unspecified atom stereocenters. The molecular weight excluding hydrogens is 152 g/mol. The maximum atomic E-state index is 9.11. The van der Waals surface area contributed by atoms with Crippen molar-refractivity contribution in [2.45, 2.75) is 24.4 Å². The van der Waals surface area contributed by atoms with Gasteiger partial charge in [-0.1, -0.05) is 0 Å². The summed E-state index contributed by atoms with van der Waals surface area (Å²) in [4.78, 5) is 0. The molecule has 0 bridgehead atoms. The van der Waals surface area contributed by atoms with Crippen molar-refractivity contribution in [1.82, 2.24) is 0 Å². The van der Waals surface area contributed by atoms with E-state index in [-0.39, 0.29) is 6.61 Å². The maximum absolute atomic E-state index is 9.11. The summed E-state index contributed by atoms with van der Waals surface area (Å²) in [7, 11) is 0. The SMILES string of the molecule is OC[C@H](O)[C@H]1OC[C@@H](O)[C@H]1O. The molecule has 0 amide bonds. The molecule has 5 nitrogen and oxygen atoms in total. The van der Waals surface area contributed by atoms with Gasteiger partial charge in [0, 0.05) is 0 Å². The molecule has 11 heavy (non-hydrogen) atoms. The smallest absolute Gasteiger partial charge is 0.114 e. The van der Waals surface area contributed by atoms with E-state index in [0.29, 0.717) is 0 Å². The van der Waals surface area contributed by atoms with Crippen molar-refractivity contribution in [2.24, 2.45) is 0 Å². The summed E-state index contributed by atoms with van der Waals surface area (Å²) < 4.78 is 4.82. The summed E-state index contributed by atoms with van der Waals surface area (Å²) in [6.45, 7) is -0.475. The predicted octanol–water partition coefficient (Wildman–Crippen LogP) is -2.54. The molecule has 4 N–H and O–H groups in total. The molecule has 0 aromatic carbocycles. The van der Waals surface area contributed by atoms with Crippen LogP contribution in [-0.2, 0) is 4.74 Å². The first kappa shape index (κ1) is 8.89. The molecule has 4 atom stereocenters. The molecular formula is C6H12O5. The van der Waals surface area contributed by atoms with Crippen molar-refractivity contribution in [3.05, 3.63) is 0 Å². The molecule has 1 saturated heterocycles. The molecule has 66 valence electrons. The molecule has 5 heteroatoms. The molecule has 0 saturated carbocycles. The maximum Gasteiger partial charge on any atom is 0.114 e. The zero-order valence-corrected chi connectivity index (χ0v) is 5.92. The zero-order valence-electron chi connectivity index (χ0n) is 5.92. The molecule has 1 aliphatic rings. The normalized spacial score (nSPS) is 40.9. The van der Waals surface area contributed by atoms with Gasteiger partial charge in [-0.3, -0.25) is 0 Å². The highest BCUT2D eigenvalue weighted by Crippen LogP contribution is 2.16. The lowest BCUT2D eigenvalue weighted by atomic mass is 10.1. The van der Waals surface area contributed by atoms with Gasteiger partial charge >= 0.3 is 0 Å². The lowest BCUT2D eigenvalue weighted by Crippen LogP contribution is -2.40. The van der Waals surface area contributed by atoms with Crippen LogP contribution >= 0.6 is 0 Å². The summed E-state index contributed by atoms with van der Waals surface area (Å²) in [5, 5.41) is 35.5. The minimum atomic E-state index is -1.12. The Morgan fingerprint density at radius 1 is 1.45 bits per heavy atom. The van der Waals surface area contributed by atoms with Gasteiger partial charge in [-0.2, -0.15) is 0 Å². The van der Waals surface area contributed by atoms with Gasteiger partial charge in [-0.25, -0.2) is 0 Å². The minimum absolute atomic E-state index is 0.00287. The number of hydrogen-bond acceptors (Lipinski definition) is 5. The average Bonchev–Trinajstić information content (AvgIpc) is 2.32. The Bertz CT molecular complexity index is 128. The number of rotatable bonds is 2. The van der Waals surface area contributed by atoms with Crippen LogP contribution in [0.2, 0.25) is 0 Å². The van der Waals surface area contributed by atoms with E-state index in [0.717, 1.165) is 0 Å². The third kappa shape index (κ3) is 1.69. The monoisotopic (exact) mass is 164 g/mol. The first-order valence-electron chi connectivity index (χ1n) is 3.43. The number of aliphatic hydroxyl groups is 4.